The normalized spacial score (nSPS) is 32.6. The van der Waals surface area contributed by atoms with E-state index in [2.05, 4.69) is 33.1 Å². The average molecular weight is 286 g/mol. The lowest BCUT2D eigenvalue weighted by Gasteiger charge is -2.40. The van der Waals surface area contributed by atoms with Gasteiger partial charge in [-0.05, 0) is 31.2 Å². The second kappa shape index (κ2) is 4.70. The Hall–Kier alpha value is -1.62. The second-order valence-corrected chi connectivity index (χ2v) is 6.58. The number of rotatable bonds is 2. The van der Waals surface area contributed by atoms with Gasteiger partial charge >= 0.3 is 0 Å². The van der Waals surface area contributed by atoms with Crippen LogP contribution in [0.5, 0.6) is 0 Å². The number of aliphatic hydroxyl groups is 1. The number of H-pyrrole nitrogens is 1. The summed E-state index contributed by atoms with van der Waals surface area (Å²) in [5.74, 6) is 1.00. The number of fused-ring (bicyclic) bond motifs is 2. The zero-order valence-electron chi connectivity index (χ0n) is 12.4. The van der Waals surface area contributed by atoms with E-state index in [1.807, 2.05) is 12.4 Å². The Morgan fingerprint density at radius 2 is 2.38 bits per heavy atom. The van der Waals surface area contributed by atoms with E-state index in [9.17, 15) is 5.11 Å². The van der Waals surface area contributed by atoms with Crippen molar-refractivity contribution < 1.29 is 5.11 Å². The lowest BCUT2D eigenvalue weighted by molar-refractivity contribution is -0.0597. The molecule has 1 aliphatic carbocycles. The molecule has 2 aliphatic rings. The van der Waals surface area contributed by atoms with Gasteiger partial charge in [0.25, 0.3) is 0 Å². The summed E-state index contributed by atoms with van der Waals surface area (Å²) in [7, 11) is 0. The molecule has 4 rings (SSSR count). The smallest absolute Gasteiger partial charge is 0.157 e. The van der Waals surface area contributed by atoms with E-state index >= 15 is 0 Å². The first kappa shape index (κ1) is 13.1. The Balaban J connectivity index is 1.68. The number of anilines is 1. The van der Waals surface area contributed by atoms with Crippen LogP contribution in [-0.2, 0) is 0 Å². The monoisotopic (exact) mass is 286 g/mol. The predicted octanol–water partition coefficient (Wildman–Crippen LogP) is 2.34. The van der Waals surface area contributed by atoms with Gasteiger partial charge in [-0.25, -0.2) is 4.98 Å². The first-order valence-corrected chi connectivity index (χ1v) is 7.96. The van der Waals surface area contributed by atoms with Gasteiger partial charge in [-0.15, -0.1) is 0 Å². The third kappa shape index (κ3) is 1.94. The van der Waals surface area contributed by atoms with Crippen molar-refractivity contribution in [3.8, 4) is 0 Å². The number of nitrogens with zero attached hydrogens (tertiary/aromatic N) is 3. The fourth-order valence-corrected chi connectivity index (χ4v) is 4.38. The van der Waals surface area contributed by atoms with Crippen molar-refractivity contribution in [2.24, 2.45) is 11.8 Å². The molecule has 0 amide bonds. The molecule has 21 heavy (non-hydrogen) atoms. The molecule has 1 aliphatic heterocycles. The largest absolute Gasteiger partial charge is 0.390 e. The highest BCUT2D eigenvalue weighted by Crippen LogP contribution is 2.45. The summed E-state index contributed by atoms with van der Waals surface area (Å²) in [4.78, 5) is 6.73. The molecular weight excluding hydrogens is 264 g/mol. The molecule has 3 atom stereocenters. The summed E-state index contributed by atoms with van der Waals surface area (Å²) in [5.41, 5.74) is 1.56. The van der Waals surface area contributed by atoms with Crippen LogP contribution in [-0.4, -0.2) is 39.0 Å². The quantitative estimate of drug-likeness (QED) is 0.889. The van der Waals surface area contributed by atoms with Crippen LogP contribution < -0.4 is 4.90 Å². The van der Waals surface area contributed by atoms with Crippen molar-refractivity contribution in [2.75, 3.05) is 18.0 Å². The van der Waals surface area contributed by atoms with Crippen molar-refractivity contribution >= 4 is 16.7 Å². The third-order valence-electron chi connectivity index (χ3n) is 5.60. The SMILES string of the molecule is CC[C@]1(O)CCC[C@H]2CN(c3ccnc4[nH]ncc34)C[C@H]21. The summed E-state index contributed by atoms with van der Waals surface area (Å²) in [5, 5.41) is 19.1. The molecule has 3 heterocycles. The highest BCUT2D eigenvalue weighted by atomic mass is 16.3. The summed E-state index contributed by atoms with van der Waals surface area (Å²) in [6.07, 6.45) is 7.89. The molecule has 1 saturated carbocycles. The highest BCUT2D eigenvalue weighted by molar-refractivity contribution is 5.88. The van der Waals surface area contributed by atoms with Crippen molar-refractivity contribution in [3.63, 3.8) is 0 Å². The van der Waals surface area contributed by atoms with Crippen LogP contribution >= 0.6 is 0 Å². The molecule has 2 fully saturated rings. The minimum Gasteiger partial charge on any atom is -0.390 e. The topological polar surface area (TPSA) is 65.0 Å². The highest BCUT2D eigenvalue weighted by Gasteiger charge is 2.47. The number of aromatic amines is 1. The summed E-state index contributed by atoms with van der Waals surface area (Å²) < 4.78 is 0. The summed E-state index contributed by atoms with van der Waals surface area (Å²) in [6.45, 7) is 4.10. The Bertz CT molecular complexity index is 655. The van der Waals surface area contributed by atoms with E-state index in [1.165, 1.54) is 12.1 Å². The Kier molecular flexibility index (Phi) is 2.92. The van der Waals surface area contributed by atoms with Gasteiger partial charge in [-0.3, -0.25) is 5.10 Å². The van der Waals surface area contributed by atoms with Gasteiger partial charge in [-0.2, -0.15) is 5.10 Å². The molecule has 0 bridgehead atoms. The zero-order valence-corrected chi connectivity index (χ0v) is 12.4. The summed E-state index contributed by atoms with van der Waals surface area (Å²) >= 11 is 0. The van der Waals surface area contributed by atoms with Gasteiger partial charge in [0.05, 0.1) is 22.9 Å². The first-order valence-electron chi connectivity index (χ1n) is 7.96. The molecule has 2 aromatic heterocycles. The predicted molar refractivity (Wildman–Crippen MR) is 82.2 cm³/mol. The third-order valence-corrected chi connectivity index (χ3v) is 5.60. The van der Waals surface area contributed by atoms with E-state index in [0.717, 1.165) is 43.4 Å². The first-order chi connectivity index (χ1) is 10.2. The number of hydrogen-bond donors (Lipinski definition) is 2. The molecule has 0 aromatic carbocycles. The Morgan fingerprint density at radius 1 is 1.48 bits per heavy atom. The maximum absolute atomic E-state index is 10.9. The second-order valence-electron chi connectivity index (χ2n) is 6.58. The van der Waals surface area contributed by atoms with E-state index in [1.54, 1.807) is 0 Å². The van der Waals surface area contributed by atoms with Crippen LogP contribution in [0.3, 0.4) is 0 Å². The zero-order chi connectivity index (χ0) is 14.4. The van der Waals surface area contributed by atoms with Crippen molar-refractivity contribution in [1.82, 2.24) is 15.2 Å². The standard InChI is InChI=1S/C16H22N4O/c1-2-16(21)6-3-4-11-9-20(10-13(11)16)14-5-7-17-15-12(14)8-18-19-15/h5,7-8,11,13,21H,2-4,6,9-10H2,1H3,(H,17,18,19)/t11-,13+,16-/m0/s1. The number of nitrogens with one attached hydrogen (secondary N) is 1. The molecule has 2 aromatic rings. The Morgan fingerprint density at radius 3 is 3.24 bits per heavy atom. The Labute approximate surface area is 124 Å². The van der Waals surface area contributed by atoms with Crippen molar-refractivity contribution in [3.05, 3.63) is 18.5 Å². The molecule has 0 radical (unpaired) electrons. The van der Waals surface area contributed by atoms with E-state index in [0.29, 0.717) is 11.8 Å². The van der Waals surface area contributed by atoms with Crippen LogP contribution in [0, 0.1) is 11.8 Å². The van der Waals surface area contributed by atoms with E-state index < -0.39 is 5.60 Å². The van der Waals surface area contributed by atoms with Gasteiger partial charge in [0, 0.05) is 25.2 Å². The molecule has 0 unspecified atom stereocenters. The van der Waals surface area contributed by atoms with Crippen LogP contribution in [0.4, 0.5) is 5.69 Å². The molecule has 5 heteroatoms. The van der Waals surface area contributed by atoms with Gasteiger partial charge in [0.1, 0.15) is 0 Å². The molecule has 112 valence electrons. The lowest BCUT2D eigenvalue weighted by Crippen LogP contribution is -2.44. The van der Waals surface area contributed by atoms with Gasteiger partial charge in [-0.1, -0.05) is 13.3 Å². The van der Waals surface area contributed by atoms with Crippen LogP contribution in [0.2, 0.25) is 0 Å². The molecule has 2 N–H and O–H groups in total. The molecular formula is C16H22N4O. The minimum atomic E-state index is -0.472. The van der Waals surface area contributed by atoms with Gasteiger partial charge in [0.2, 0.25) is 0 Å². The number of aromatic nitrogens is 3. The molecule has 5 nitrogen and oxygen atoms in total. The van der Waals surface area contributed by atoms with Gasteiger partial charge < -0.3 is 10.0 Å². The number of pyridine rings is 1. The fourth-order valence-electron chi connectivity index (χ4n) is 4.38. The van der Waals surface area contributed by atoms with Crippen LogP contribution in [0.1, 0.15) is 32.6 Å². The maximum atomic E-state index is 10.9. The molecule has 1 saturated heterocycles. The average Bonchev–Trinajstić information content (AvgIpc) is 3.14. The number of hydrogen-bond acceptors (Lipinski definition) is 4. The molecule has 0 spiro atoms. The minimum absolute atomic E-state index is 0.395. The van der Waals surface area contributed by atoms with Crippen LogP contribution in [0.15, 0.2) is 18.5 Å². The maximum Gasteiger partial charge on any atom is 0.157 e. The summed E-state index contributed by atoms with van der Waals surface area (Å²) in [6, 6.07) is 2.07. The van der Waals surface area contributed by atoms with Crippen LogP contribution in [0.25, 0.3) is 11.0 Å². The van der Waals surface area contributed by atoms with Crippen molar-refractivity contribution in [2.45, 2.75) is 38.2 Å². The van der Waals surface area contributed by atoms with E-state index in [-0.39, 0.29) is 0 Å². The lowest BCUT2D eigenvalue weighted by atomic mass is 9.69. The fraction of sp³-hybridized carbons (Fsp3) is 0.625. The van der Waals surface area contributed by atoms with Crippen molar-refractivity contribution in [1.29, 1.82) is 0 Å². The van der Waals surface area contributed by atoms with Gasteiger partial charge in [0.15, 0.2) is 5.65 Å². The van der Waals surface area contributed by atoms with E-state index in [4.69, 9.17) is 0 Å².